The number of hydrogen-bond donors (Lipinski definition) is 3. The average Bonchev–Trinajstić information content (AvgIpc) is 3.27. The van der Waals surface area contributed by atoms with E-state index in [1.165, 1.54) is 10.5 Å². The van der Waals surface area contributed by atoms with Gasteiger partial charge in [0.1, 0.15) is 17.9 Å². The smallest absolute Gasteiger partial charge is 0.328 e. The molecule has 9 nitrogen and oxygen atoms in total. The van der Waals surface area contributed by atoms with E-state index in [2.05, 4.69) is 46.2 Å². The first kappa shape index (κ1) is 18.6. The number of carbonyl (C=O) groups is 2. The maximum Gasteiger partial charge on any atom is 0.328 e. The van der Waals surface area contributed by atoms with Crippen molar-refractivity contribution < 1.29 is 14.7 Å². The minimum Gasteiger partial charge on any atom is -0.480 e. The lowest BCUT2D eigenvalue weighted by Crippen LogP contribution is -2.55. The highest BCUT2D eigenvalue weighted by Gasteiger charge is 2.41. The number of carbonyl (C=O) groups excluding carboxylic acids is 1. The summed E-state index contributed by atoms with van der Waals surface area (Å²) >= 11 is 0. The van der Waals surface area contributed by atoms with Crippen molar-refractivity contribution in [3.8, 4) is 0 Å². The van der Waals surface area contributed by atoms with Crippen molar-refractivity contribution in [2.45, 2.75) is 58.4 Å². The molecule has 0 spiro atoms. The van der Waals surface area contributed by atoms with Gasteiger partial charge in [0.25, 0.3) is 0 Å². The number of hydrogen-bond acceptors (Lipinski definition) is 6. The Labute approximate surface area is 162 Å². The molecule has 3 heterocycles. The highest BCUT2D eigenvalue weighted by Crippen LogP contribution is 2.28. The fraction of sp³-hybridized carbons (Fsp3) is 0.474. The molecule has 0 aliphatic carbocycles. The van der Waals surface area contributed by atoms with Crippen molar-refractivity contribution in [2.75, 3.05) is 0 Å². The quantitative estimate of drug-likeness (QED) is 0.711. The number of carboxylic acid groups (broad SMARTS) is 1. The number of benzene rings is 1. The number of aryl methyl sites for hydroxylation is 3. The van der Waals surface area contributed by atoms with Gasteiger partial charge in [0.2, 0.25) is 5.91 Å². The Morgan fingerprint density at radius 3 is 2.68 bits per heavy atom. The summed E-state index contributed by atoms with van der Waals surface area (Å²) in [5.41, 5.74) is 9.74. The van der Waals surface area contributed by atoms with Crippen molar-refractivity contribution in [1.82, 2.24) is 30.5 Å². The van der Waals surface area contributed by atoms with Gasteiger partial charge in [0.15, 0.2) is 5.82 Å². The number of hydrazine groups is 1. The Balaban J connectivity index is 1.53. The molecule has 0 radical (unpaired) electrons. The Morgan fingerprint density at radius 2 is 1.96 bits per heavy atom. The number of rotatable bonds is 3. The van der Waals surface area contributed by atoms with Gasteiger partial charge in [-0.25, -0.2) is 15.6 Å². The number of nitrogens with zero attached hydrogens (tertiary/aromatic N) is 4. The van der Waals surface area contributed by atoms with Crippen LogP contribution in [0.3, 0.4) is 0 Å². The molecule has 0 bridgehead atoms. The number of carboxylic acids is 1. The summed E-state index contributed by atoms with van der Waals surface area (Å²) < 4.78 is 1.77. The minimum absolute atomic E-state index is 0.00600. The lowest BCUT2D eigenvalue weighted by atomic mass is 9.96. The van der Waals surface area contributed by atoms with Gasteiger partial charge < -0.3 is 14.6 Å². The molecule has 2 aliphatic heterocycles. The van der Waals surface area contributed by atoms with Crippen LogP contribution in [0.25, 0.3) is 0 Å². The molecule has 1 fully saturated rings. The van der Waals surface area contributed by atoms with Crippen LogP contribution in [-0.4, -0.2) is 48.7 Å². The molecule has 1 amide bonds. The van der Waals surface area contributed by atoms with E-state index in [9.17, 15) is 14.7 Å². The largest absolute Gasteiger partial charge is 0.480 e. The van der Waals surface area contributed by atoms with Crippen LogP contribution in [0.2, 0.25) is 0 Å². The maximum atomic E-state index is 13.2. The van der Waals surface area contributed by atoms with E-state index in [1.54, 1.807) is 11.5 Å². The van der Waals surface area contributed by atoms with Gasteiger partial charge in [-0.1, -0.05) is 23.8 Å². The number of aliphatic carboxylic acids is 1. The lowest BCUT2D eigenvalue weighted by Gasteiger charge is -2.34. The van der Waals surface area contributed by atoms with Gasteiger partial charge in [0, 0.05) is 6.04 Å². The molecule has 0 saturated carbocycles. The third-order valence-electron chi connectivity index (χ3n) is 5.63. The molecule has 9 heteroatoms. The number of aromatic nitrogens is 3. The Morgan fingerprint density at radius 1 is 1.18 bits per heavy atom. The second-order valence-electron chi connectivity index (χ2n) is 7.58. The summed E-state index contributed by atoms with van der Waals surface area (Å²) in [6, 6.07) is 4.81. The number of amides is 1. The summed E-state index contributed by atoms with van der Waals surface area (Å²) in [6.45, 7) is 6.19. The van der Waals surface area contributed by atoms with Crippen LogP contribution in [0.4, 0.5) is 0 Å². The van der Waals surface area contributed by atoms with Crippen LogP contribution in [0.1, 0.15) is 40.8 Å². The van der Waals surface area contributed by atoms with E-state index in [-0.39, 0.29) is 25.0 Å². The van der Waals surface area contributed by atoms with E-state index in [4.69, 9.17) is 0 Å². The van der Waals surface area contributed by atoms with Crippen LogP contribution in [0.15, 0.2) is 18.2 Å². The molecule has 1 aromatic heterocycles. The first-order valence-corrected chi connectivity index (χ1v) is 9.35. The Kier molecular flexibility index (Phi) is 4.64. The monoisotopic (exact) mass is 384 g/mol. The van der Waals surface area contributed by atoms with Crippen molar-refractivity contribution in [1.29, 1.82) is 0 Å². The molecule has 28 heavy (non-hydrogen) atoms. The SMILES string of the molecule is Cc1ccc(C2CC(C(=O)N3Cc4nnc(C)n4CC3C(=O)O)NN2)c(C)c1. The number of nitrogens with one attached hydrogen (secondary N) is 2. The van der Waals surface area contributed by atoms with Crippen LogP contribution in [-0.2, 0) is 22.7 Å². The van der Waals surface area contributed by atoms with Crippen LogP contribution in [0, 0.1) is 20.8 Å². The van der Waals surface area contributed by atoms with E-state index >= 15 is 0 Å². The molecular formula is C19H24N6O3. The van der Waals surface area contributed by atoms with E-state index in [1.807, 2.05) is 6.92 Å². The molecule has 3 atom stereocenters. The number of fused-ring (bicyclic) bond motifs is 1. The molecule has 2 aliphatic rings. The predicted octanol–water partition coefficient (Wildman–Crippen LogP) is 0.607. The van der Waals surface area contributed by atoms with Crippen molar-refractivity contribution in [3.05, 3.63) is 46.5 Å². The summed E-state index contributed by atoms with van der Waals surface area (Å²) in [5, 5.41) is 17.8. The van der Waals surface area contributed by atoms with Gasteiger partial charge in [-0.3, -0.25) is 4.79 Å². The molecule has 148 valence electrons. The highest BCUT2D eigenvalue weighted by molar-refractivity contribution is 5.87. The lowest BCUT2D eigenvalue weighted by molar-refractivity contribution is -0.153. The van der Waals surface area contributed by atoms with Gasteiger partial charge in [-0.05, 0) is 38.3 Å². The predicted molar refractivity (Wildman–Crippen MR) is 100 cm³/mol. The van der Waals surface area contributed by atoms with Crippen LogP contribution >= 0.6 is 0 Å². The Hall–Kier alpha value is -2.78. The van der Waals surface area contributed by atoms with Crippen LogP contribution in [0.5, 0.6) is 0 Å². The fourth-order valence-corrected chi connectivity index (χ4v) is 4.10. The molecule has 2 aromatic rings. The van der Waals surface area contributed by atoms with Gasteiger partial charge >= 0.3 is 5.97 Å². The summed E-state index contributed by atoms with van der Waals surface area (Å²) in [5.74, 6) is 0.00667. The first-order chi connectivity index (χ1) is 13.3. The second-order valence-corrected chi connectivity index (χ2v) is 7.58. The summed E-state index contributed by atoms with van der Waals surface area (Å²) in [7, 11) is 0. The maximum absolute atomic E-state index is 13.2. The third-order valence-corrected chi connectivity index (χ3v) is 5.63. The third kappa shape index (κ3) is 3.16. The zero-order valence-corrected chi connectivity index (χ0v) is 16.1. The minimum atomic E-state index is -1.02. The zero-order chi connectivity index (χ0) is 20.0. The summed E-state index contributed by atoms with van der Waals surface area (Å²) in [4.78, 5) is 26.4. The summed E-state index contributed by atoms with van der Waals surface area (Å²) in [6.07, 6.45) is 0.553. The van der Waals surface area contributed by atoms with Gasteiger partial charge in [0.05, 0.1) is 13.1 Å². The molecule has 3 unspecified atom stereocenters. The van der Waals surface area contributed by atoms with Crippen molar-refractivity contribution in [2.24, 2.45) is 0 Å². The first-order valence-electron chi connectivity index (χ1n) is 9.35. The standard InChI is InChI=1S/C19H24N6O3/c1-10-4-5-13(11(2)6-10)14-7-15(22-21-14)18(26)25-9-17-23-20-12(3)24(17)8-16(25)19(27)28/h4-6,14-16,21-22H,7-9H2,1-3H3,(H,27,28). The van der Waals surface area contributed by atoms with Gasteiger partial charge in [-0.15, -0.1) is 10.2 Å². The fourth-order valence-electron chi connectivity index (χ4n) is 4.10. The van der Waals surface area contributed by atoms with Crippen molar-refractivity contribution in [3.63, 3.8) is 0 Å². The van der Waals surface area contributed by atoms with E-state index < -0.39 is 18.1 Å². The zero-order valence-electron chi connectivity index (χ0n) is 16.1. The topological polar surface area (TPSA) is 112 Å². The molecule has 4 rings (SSSR count). The van der Waals surface area contributed by atoms with E-state index in [0.717, 1.165) is 11.1 Å². The average molecular weight is 384 g/mol. The normalized spacial score (nSPS) is 24.2. The molecule has 3 N–H and O–H groups in total. The highest BCUT2D eigenvalue weighted by atomic mass is 16.4. The van der Waals surface area contributed by atoms with Crippen molar-refractivity contribution >= 4 is 11.9 Å². The molecule has 1 aromatic carbocycles. The van der Waals surface area contributed by atoms with Crippen LogP contribution < -0.4 is 10.9 Å². The van der Waals surface area contributed by atoms with E-state index in [0.29, 0.717) is 18.1 Å². The molecular weight excluding hydrogens is 360 g/mol. The second kappa shape index (κ2) is 6.99. The van der Waals surface area contributed by atoms with Gasteiger partial charge in [-0.2, -0.15) is 0 Å². The molecule has 1 saturated heterocycles. The Bertz CT molecular complexity index is 940.